The molecule has 0 aliphatic carbocycles. The zero-order valence-corrected chi connectivity index (χ0v) is 12.0. The molecule has 0 bridgehead atoms. The number of carboxylic acid groups (broad SMARTS) is 1. The molecule has 1 unspecified atom stereocenters. The highest BCUT2D eigenvalue weighted by Crippen LogP contribution is 2.24. The lowest BCUT2D eigenvalue weighted by Gasteiger charge is -2.42. The fraction of sp³-hybridized carbons (Fsp3) is 0.692. The summed E-state index contributed by atoms with van der Waals surface area (Å²) >= 11 is 0. The molecule has 0 aromatic carbocycles. The SMILES string of the molecule is CC(C(=O)N1CCCC1)N1CC(n2cc(C(=O)O)nn2)C1. The molecule has 1 atom stereocenters. The lowest BCUT2D eigenvalue weighted by molar-refractivity contribution is -0.137. The van der Waals surface area contributed by atoms with E-state index in [1.54, 1.807) is 4.68 Å². The second-order valence-corrected chi connectivity index (χ2v) is 5.71. The van der Waals surface area contributed by atoms with Crippen LogP contribution in [0.5, 0.6) is 0 Å². The minimum Gasteiger partial charge on any atom is -0.476 e. The van der Waals surface area contributed by atoms with Gasteiger partial charge in [-0.15, -0.1) is 5.10 Å². The van der Waals surface area contributed by atoms with Gasteiger partial charge in [0.1, 0.15) is 0 Å². The standard InChI is InChI=1S/C13H19N5O3/c1-9(12(19)16-4-2-3-5-16)17-6-10(7-17)18-8-11(13(20)21)14-15-18/h8-10H,2-7H2,1H3,(H,20,21). The van der Waals surface area contributed by atoms with Gasteiger partial charge in [-0.05, 0) is 19.8 Å². The van der Waals surface area contributed by atoms with E-state index in [0.717, 1.165) is 25.9 Å². The summed E-state index contributed by atoms with van der Waals surface area (Å²) in [6, 6.07) is -0.0266. The number of likely N-dealkylation sites (tertiary alicyclic amines) is 2. The van der Waals surface area contributed by atoms with Crippen molar-refractivity contribution >= 4 is 11.9 Å². The second kappa shape index (κ2) is 5.44. The van der Waals surface area contributed by atoms with Crippen LogP contribution in [0.3, 0.4) is 0 Å². The van der Waals surface area contributed by atoms with Gasteiger partial charge < -0.3 is 10.0 Å². The molecule has 1 aromatic rings. The Balaban J connectivity index is 1.54. The number of hydrogen-bond donors (Lipinski definition) is 1. The van der Waals surface area contributed by atoms with Crippen LogP contribution in [0.1, 0.15) is 36.3 Å². The van der Waals surface area contributed by atoms with Crippen LogP contribution in [0.15, 0.2) is 6.20 Å². The first kappa shape index (κ1) is 14.0. The molecule has 3 heterocycles. The molecule has 0 spiro atoms. The van der Waals surface area contributed by atoms with Gasteiger partial charge in [-0.25, -0.2) is 9.48 Å². The molecule has 2 aliphatic heterocycles. The van der Waals surface area contributed by atoms with Gasteiger partial charge in [0.2, 0.25) is 5.91 Å². The van der Waals surface area contributed by atoms with Gasteiger partial charge in [0.25, 0.3) is 0 Å². The first-order valence-corrected chi connectivity index (χ1v) is 7.24. The zero-order chi connectivity index (χ0) is 15.0. The molecular formula is C13H19N5O3. The Morgan fingerprint density at radius 2 is 2.00 bits per heavy atom. The monoisotopic (exact) mass is 293 g/mol. The van der Waals surface area contributed by atoms with Crippen molar-refractivity contribution in [3.63, 3.8) is 0 Å². The average molecular weight is 293 g/mol. The van der Waals surface area contributed by atoms with E-state index in [1.807, 2.05) is 11.8 Å². The Kier molecular flexibility index (Phi) is 3.62. The number of aromatic carboxylic acids is 1. The molecule has 114 valence electrons. The first-order valence-electron chi connectivity index (χ1n) is 7.24. The van der Waals surface area contributed by atoms with Crippen LogP contribution in [0.4, 0.5) is 0 Å². The summed E-state index contributed by atoms with van der Waals surface area (Å²) in [5.74, 6) is -0.884. The Morgan fingerprint density at radius 1 is 1.33 bits per heavy atom. The first-order chi connectivity index (χ1) is 10.1. The molecule has 2 aliphatic rings. The van der Waals surface area contributed by atoms with Crippen LogP contribution >= 0.6 is 0 Å². The highest BCUT2D eigenvalue weighted by molar-refractivity contribution is 5.84. The van der Waals surface area contributed by atoms with Crippen LogP contribution in [0.2, 0.25) is 0 Å². The summed E-state index contributed by atoms with van der Waals surface area (Å²) in [7, 11) is 0. The topological polar surface area (TPSA) is 91.6 Å². The van der Waals surface area contributed by atoms with Crippen molar-refractivity contribution in [1.82, 2.24) is 24.8 Å². The van der Waals surface area contributed by atoms with Crippen molar-refractivity contribution in [2.24, 2.45) is 0 Å². The Bertz CT molecular complexity index is 546. The minimum absolute atomic E-state index is 0.0466. The third-order valence-electron chi connectivity index (χ3n) is 4.32. The lowest BCUT2D eigenvalue weighted by atomic mass is 10.1. The summed E-state index contributed by atoms with van der Waals surface area (Å²) in [4.78, 5) is 27.1. The van der Waals surface area contributed by atoms with Crippen molar-refractivity contribution < 1.29 is 14.7 Å². The molecule has 2 fully saturated rings. The number of carbonyl (C=O) groups is 2. The Labute approximate surface area is 122 Å². The number of rotatable bonds is 4. The van der Waals surface area contributed by atoms with Crippen LogP contribution in [0, 0.1) is 0 Å². The maximum Gasteiger partial charge on any atom is 0.358 e. The molecule has 2 saturated heterocycles. The van der Waals surface area contributed by atoms with E-state index in [1.165, 1.54) is 6.20 Å². The second-order valence-electron chi connectivity index (χ2n) is 5.71. The summed E-state index contributed by atoms with van der Waals surface area (Å²) in [5.41, 5.74) is -0.0466. The molecule has 3 rings (SSSR count). The Morgan fingerprint density at radius 3 is 2.57 bits per heavy atom. The van der Waals surface area contributed by atoms with Gasteiger partial charge in [0.15, 0.2) is 5.69 Å². The van der Waals surface area contributed by atoms with E-state index in [-0.39, 0.29) is 23.7 Å². The number of amides is 1. The summed E-state index contributed by atoms with van der Waals surface area (Å²) in [6.07, 6.45) is 3.63. The van der Waals surface area contributed by atoms with Gasteiger partial charge in [-0.1, -0.05) is 5.21 Å². The summed E-state index contributed by atoms with van der Waals surface area (Å²) < 4.78 is 1.58. The van der Waals surface area contributed by atoms with E-state index >= 15 is 0 Å². The van der Waals surface area contributed by atoms with E-state index in [0.29, 0.717) is 13.1 Å². The van der Waals surface area contributed by atoms with Crippen molar-refractivity contribution in [2.45, 2.75) is 31.8 Å². The van der Waals surface area contributed by atoms with Gasteiger partial charge in [-0.2, -0.15) is 0 Å². The third kappa shape index (κ3) is 2.63. The largest absolute Gasteiger partial charge is 0.476 e. The summed E-state index contributed by atoms with van der Waals surface area (Å²) in [6.45, 7) is 5.06. The van der Waals surface area contributed by atoms with Crippen molar-refractivity contribution in [2.75, 3.05) is 26.2 Å². The molecule has 21 heavy (non-hydrogen) atoms. The quantitative estimate of drug-likeness (QED) is 0.829. The van der Waals surface area contributed by atoms with Gasteiger partial charge in [0, 0.05) is 26.2 Å². The molecule has 8 heteroatoms. The lowest BCUT2D eigenvalue weighted by Crippen LogP contribution is -2.56. The van der Waals surface area contributed by atoms with Crippen LogP contribution in [0.25, 0.3) is 0 Å². The van der Waals surface area contributed by atoms with Crippen molar-refractivity contribution in [3.05, 3.63) is 11.9 Å². The highest BCUT2D eigenvalue weighted by Gasteiger charge is 2.37. The van der Waals surface area contributed by atoms with E-state index < -0.39 is 5.97 Å². The molecule has 1 amide bonds. The molecule has 0 radical (unpaired) electrons. The summed E-state index contributed by atoms with van der Waals surface area (Å²) in [5, 5.41) is 16.3. The molecule has 1 N–H and O–H groups in total. The highest BCUT2D eigenvalue weighted by atomic mass is 16.4. The van der Waals surface area contributed by atoms with Gasteiger partial charge in [-0.3, -0.25) is 9.69 Å². The van der Waals surface area contributed by atoms with Crippen molar-refractivity contribution in [1.29, 1.82) is 0 Å². The number of carbonyl (C=O) groups excluding carboxylic acids is 1. The fourth-order valence-electron chi connectivity index (χ4n) is 2.88. The predicted molar refractivity (Wildman–Crippen MR) is 72.9 cm³/mol. The molecular weight excluding hydrogens is 274 g/mol. The van der Waals surface area contributed by atoms with Gasteiger partial charge >= 0.3 is 5.97 Å². The van der Waals surface area contributed by atoms with E-state index in [9.17, 15) is 9.59 Å². The number of aromatic nitrogens is 3. The third-order valence-corrected chi connectivity index (χ3v) is 4.32. The minimum atomic E-state index is -1.07. The molecule has 0 saturated carbocycles. The van der Waals surface area contributed by atoms with Crippen LogP contribution in [-0.4, -0.2) is 74.0 Å². The maximum absolute atomic E-state index is 12.3. The zero-order valence-electron chi connectivity index (χ0n) is 12.0. The normalized spacial score (nSPS) is 21.3. The van der Waals surface area contributed by atoms with Gasteiger partial charge in [0.05, 0.1) is 18.3 Å². The maximum atomic E-state index is 12.3. The van der Waals surface area contributed by atoms with Crippen molar-refractivity contribution in [3.8, 4) is 0 Å². The smallest absolute Gasteiger partial charge is 0.358 e. The fourth-order valence-corrected chi connectivity index (χ4v) is 2.88. The predicted octanol–water partition coefficient (Wildman–Crippen LogP) is -0.156. The van der Waals surface area contributed by atoms with E-state index in [2.05, 4.69) is 15.2 Å². The van der Waals surface area contributed by atoms with Crippen LogP contribution in [-0.2, 0) is 4.79 Å². The Hall–Kier alpha value is -1.96. The molecule has 8 nitrogen and oxygen atoms in total. The number of hydrogen-bond acceptors (Lipinski definition) is 5. The average Bonchev–Trinajstić information content (AvgIpc) is 3.07. The van der Waals surface area contributed by atoms with E-state index in [4.69, 9.17) is 5.11 Å². The number of nitrogens with zero attached hydrogens (tertiary/aromatic N) is 5. The number of carboxylic acids is 1. The van der Waals surface area contributed by atoms with Crippen LogP contribution < -0.4 is 0 Å². The molecule has 1 aromatic heterocycles.